The standard InChI is InChI=1S/C23H39N5O.HI/c1-19-9-11-27(12-10-19)21-7-5-20(6-8-21)17-25-22(24-4)26-18-23(2,3)28-13-15-29-16-14-28;/h5-8,19H,9-18H2,1-4H3,(H2,24,25,26);1H. The Morgan fingerprint density at radius 2 is 1.70 bits per heavy atom. The SMILES string of the molecule is CN=C(NCc1ccc(N2CCC(C)CC2)cc1)NCC(C)(C)N1CCOCC1.I. The molecule has 0 spiro atoms. The first-order valence-electron chi connectivity index (χ1n) is 11.1. The van der Waals surface area contributed by atoms with Crippen LogP contribution in [0.3, 0.4) is 0 Å². The molecule has 2 saturated heterocycles. The molecule has 7 heteroatoms. The minimum atomic E-state index is 0. The van der Waals surface area contributed by atoms with Crippen LogP contribution in [0.25, 0.3) is 0 Å². The molecule has 0 radical (unpaired) electrons. The highest BCUT2D eigenvalue weighted by molar-refractivity contribution is 14.0. The molecule has 6 nitrogen and oxygen atoms in total. The van der Waals surface area contributed by atoms with Gasteiger partial charge in [0.2, 0.25) is 0 Å². The number of nitrogens with zero attached hydrogens (tertiary/aromatic N) is 3. The van der Waals surface area contributed by atoms with Crippen LogP contribution in [0, 0.1) is 5.92 Å². The summed E-state index contributed by atoms with van der Waals surface area (Å²) in [5.41, 5.74) is 2.68. The average Bonchev–Trinajstić information content (AvgIpc) is 2.75. The van der Waals surface area contributed by atoms with Gasteiger partial charge in [0.25, 0.3) is 0 Å². The fourth-order valence-electron chi connectivity index (χ4n) is 4.08. The number of hydrogen-bond donors (Lipinski definition) is 2. The van der Waals surface area contributed by atoms with Gasteiger partial charge in [0, 0.05) is 57.5 Å². The molecule has 1 aromatic rings. The molecule has 0 atom stereocenters. The minimum Gasteiger partial charge on any atom is -0.379 e. The summed E-state index contributed by atoms with van der Waals surface area (Å²) < 4.78 is 5.48. The van der Waals surface area contributed by atoms with Crippen molar-refractivity contribution in [3.05, 3.63) is 29.8 Å². The Bertz CT molecular complexity index is 650. The Kier molecular flexibility index (Phi) is 10.2. The number of guanidine groups is 1. The smallest absolute Gasteiger partial charge is 0.191 e. The summed E-state index contributed by atoms with van der Waals surface area (Å²) in [5.74, 6) is 1.71. The largest absolute Gasteiger partial charge is 0.379 e. The van der Waals surface area contributed by atoms with Crippen LogP contribution in [0.1, 0.15) is 39.2 Å². The lowest BCUT2D eigenvalue weighted by Crippen LogP contribution is -2.56. The van der Waals surface area contributed by atoms with E-state index in [1.807, 2.05) is 7.05 Å². The Labute approximate surface area is 199 Å². The fourth-order valence-corrected chi connectivity index (χ4v) is 4.08. The fraction of sp³-hybridized carbons (Fsp3) is 0.696. The number of nitrogens with one attached hydrogen (secondary N) is 2. The molecule has 170 valence electrons. The molecule has 0 aliphatic carbocycles. The second-order valence-corrected chi connectivity index (χ2v) is 9.03. The van der Waals surface area contributed by atoms with Gasteiger partial charge in [-0.1, -0.05) is 19.1 Å². The lowest BCUT2D eigenvalue weighted by molar-refractivity contribution is -0.00834. The van der Waals surface area contributed by atoms with E-state index in [1.54, 1.807) is 0 Å². The summed E-state index contributed by atoms with van der Waals surface area (Å²) in [6, 6.07) is 8.96. The van der Waals surface area contributed by atoms with Gasteiger partial charge in [0.05, 0.1) is 13.2 Å². The first-order valence-corrected chi connectivity index (χ1v) is 11.1. The van der Waals surface area contributed by atoms with Crippen molar-refractivity contribution in [2.45, 2.75) is 45.7 Å². The van der Waals surface area contributed by atoms with Gasteiger partial charge in [0.1, 0.15) is 0 Å². The molecule has 1 aromatic carbocycles. The number of anilines is 1. The molecule has 2 N–H and O–H groups in total. The van der Waals surface area contributed by atoms with Gasteiger partial charge in [-0.3, -0.25) is 9.89 Å². The maximum absolute atomic E-state index is 5.48. The molecule has 2 aliphatic rings. The number of hydrogen-bond acceptors (Lipinski definition) is 4. The molecule has 2 fully saturated rings. The van der Waals surface area contributed by atoms with Gasteiger partial charge >= 0.3 is 0 Å². The second kappa shape index (κ2) is 12.1. The van der Waals surface area contributed by atoms with Crippen LogP contribution in [0.5, 0.6) is 0 Å². The zero-order chi connectivity index (χ0) is 20.7. The number of ether oxygens (including phenoxy) is 1. The van der Waals surface area contributed by atoms with Crippen molar-refractivity contribution in [1.82, 2.24) is 15.5 Å². The van der Waals surface area contributed by atoms with Crippen LogP contribution >= 0.6 is 24.0 Å². The van der Waals surface area contributed by atoms with Gasteiger partial charge in [-0.25, -0.2) is 0 Å². The second-order valence-electron chi connectivity index (χ2n) is 9.03. The first-order chi connectivity index (χ1) is 14.0. The van der Waals surface area contributed by atoms with E-state index in [2.05, 4.69) is 70.5 Å². The van der Waals surface area contributed by atoms with Crippen molar-refractivity contribution in [2.75, 3.05) is 57.9 Å². The molecule has 0 aromatic heterocycles. The Hall–Kier alpha value is -1.06. The van der Waals surface area contributed by atoms with Crippen LogP contribution in [0.15, 0.2) is 29.3 Å². The lowest BCUT2D eigenvalue weighted by atomic mass is 9.99. The van der Waals surface area contributed by atoms with Crippen molar-refractivity contribution in [1.29, 1.82) is 0 Å². The number of benzene rings is 1. The number of halogens is 1. The van der Waals surface area contributed by atoms with Crippen molar-refractivity contribution in [3.63, 3.8) is 0 Å². The van der Waals surface area contributed by atoms with E-state index in [0.717, 1.165) is 51.3 Å². The first kappa shape index (κ1) is 25.2. The predicted molar refractivity (Wildman–Crippen MR) is 137 cm³/mol. The molecular formula is C23H40IN5O. The Morgan fingerprint density at radius 3 is 2.30 bits per heavy atom. The third-order valence-corrected chi connectivity index (χ3v) is 6.32. The topological polar surface area (TPSA) is 52.1 Å². The molecule has 30 heavy (non-hydrogen) atoms. The normalized spacial score (nSPS) is 19.3. The summed E-state index contributed by atoms with van der Waals surface area (Å²) >= 11 is 0. The van der Waals surface area contributed by atoms with E-state index in [1.165, 1.54) is 37.2 Å². The van der Waals surface area contributed by atoms with Crippen LogP contribution in [0.4, 0.5) is 5.69 Å². The minimum absolute atomic E-state index is 0. The summed E-state index contributed by atoms with van der Waals surface area (Å²) in [6.45, 7) is 14.5. The van der Waals surface area contributed by atoms with E-state index in [-0.39, 0.29) is 29.5 Å². The van der Waals surface area contributed by atoms with Crippen molar-refractivity contribution >= 4 is 35.6 Å². The number of aliphatic imine (C=N–C) groups is 1. The van der Waals surface area contributed by atoms with E-state index >= 15 is 0 Å². The zero-order valence-electron chi connectivity index (χ0n) is 19.1. The summed E-state index contributed by atoms with van der Waals surface area (Å²) in [4.78, 5) is 9.38. The van der Waals surface area contributed by atoms with Crippen LogP contribution in [-0.2, 0) is 11.3 Å². The molecule has 0 amide bonds. The van der Waals surface area contributed by atoms with Gasteiger partial charge in [0.15, 0.2) is 5.96 Å². The predicted octanol–water partition coefficient (Wildman–Crippen LogP) is 3.32. The highest BCUT2D eigenvalue weighted by Gasteiger charge is 2.28. The maximum Gasteiger partial charge on any atom is 0.191 e. The average molecular weight is 530 g/mol. The lowest BCUT2D eigenvalue weighted by Gasteiger charge is -2.41. The zero-order valence-corrected chi connectivity index (χ0v) is 21.4. The molecule has 2 heterocycles. The van der Waals surface area contributed by atoms with Gasteiger partial charge in [-0.2, -0.15) is 0 Å². The van der Waals surface area contributed by atoms with Crippen molar-refractivity contribution < 1.29 is 4.74 Å². The third-order valence-electron chi connectivity index (χ3n) is 6.32. The third kappa shape index (κ3) is 7.27. The maximum atomic E-state index is 5.48. The number of morpholine rings is 1. The summed E-state index contributed by atoms with van der Waals surface area (Å²) in [5, 5.41) is 6.94. The highest BCUT2D eigenvalue weighted by Crippen LogP contribution is 2.23. The molecule has 3 rings (SSSR count). The van der Waals surface area contributed by atoms with Crippen molar-refractivity contribution in [2.24, 2.45) is 10.9 Å². The van der Waals surface area contributed by atoms with Gasteiger partial charge < -0.3 is 20.3 Å². The van der Waals surface area contributed by atoms with Gasteiger partial charge in [-0.15, -0.1) is 24.0 Å². The Morgan fingerprint density at radius 1 is 1.07 bits per heavy atom. The van der Waals surface area contributed by atoms with Crippen LogP contribution in [-0.4, -0.2) is 69.4 Å². The summed E-state index contributed by atoms with van der Waals surface area (Å²) in [7, 11) is 1.83. The molecular weight excluding hydrogens is 489 g/mol. The molecule has 0 saturated carbocycles. The quantitative estimate of drug-likeness (QED) is 0.337. The van der Waals surface area contributed by atoms with E-state index in [9.17, 15) is 0 Å². The molecule has 0 unspecified atom stereocenters. The van der Waals surface area contributed by atoms with E-state index in [4.69, 9.17) is 4.74 Å². The van der Waals surface area contributed by atoms with Crippen molar-refractivity contribution in [3.8, 4) is 0 Å². The van der Waals surface area contributed by atoms with E-state index in [0.29, 0.717) is 0 Å². The number of piperidine rings is 1. The Balaban J connectivity index is 0.00000320. The number of rotatable bonds is 6. The highest BCUT2D eigenvalue weighted by atomic mass is 127. The molecule has 2 aliphatic heterocycles. The van der Waals surface area contributed by atoms with Crippen LogP contribution in [0.2, 0.25) is 0 Å². The van der Waals surface area contributed by atoms with E-state index < -0.39 is 0 Å². The summed E-state index contributed by atoms with van der Waals surface area (Å²) in [6.07, 6.45) is 2.60. The molecule has 0 bridgehead atoms. The van der Waals surface area contributed by atoms with Gasteiger partial charge in [-0.05, 0) is 50.3 Å². The monoisotopic (exact) mass is 529 g/mol. The van der Waals surface area contributed by atoms with Crippen LogP contribution < -0.4 is 15.5 Å².